The van der Waals surface area contributed by atoms with E-state index in [1.807, 2.05) is 0 Å². The highest BCUT2D eigenvalue weighted by molar-refractivity contribution is 6.10. The van der Waals surface area contributed by atoms with E-state index in [0.717, 1.165) is 31.6 Å². The van der Waals surface area contributed by atoms with Gasteiger partial charge in [0.25, 0.3) is 17.7 Å². The zero-order chi connectivity index (χ0) is 32.3. The van der Waals surface area contributed by atoms with E-state index in [2.05, 4.69) is 50.2 Å². The van der Waals surface area contributed by atoms with Crippen molar-refractivity contribution in [2.75, 3.05) is 42.1 Å². The molecule has 0 saturated heterocycles. The number of nitrogens with zero attached hydrogens (tertiary/aromatic N) is 3. The molecule has 0 spiro atoms. The third-order valence-electron chi connectivity index (χ3n) is 7.29. The van der Waals surface area contributed by atoms with Crippen LogP contribution in [-0.4, -0.2) is 66.5 Å². The minimum atomic E-state index is -1.38. The average Bonchev–Trinajstić information content (AvgIpc) is 3.40. The maximum Gasteiger partial charge on any atom is 0.258 e. The molecule has 0 saturated carbocycles. The summed E-state index contributed by atoms with van der Waals surface area (Å²) in [4.78, 5) is 64.0. The van der Waals surface area contributed by atoms with E-state index in [-0.39, 0.29) is 24.1 Å². The minimum absolute atomic E-state index is 0.125. The zero-order valence-corrected chi connectivity index (χ0v) is 25.6. The van der Waals surface area contributed by atoms with Crippen molar-refractivity contribution in [3.05, 3.63) is 83.4 Å². The largest absolute Gasteiger partial charge is 0.352 e. The summed E-state index contributed by atoms with van der Waals surface area (Å²) in [5.74, 6) is -1.82. The molecule has 0 bridgehead atoms. The summed E-state index contributed by atoms with van der Waals surface area (Å²) in [6.45, 7) is 8.95. The smallest absolute Gasteiger partial charge is 0.258 e. The van der Waals surface area contributed by atoms with Crippen LogP contribution in [0.2, 0.25) is 0 Å². The third-order valence-corrected chi connectivity index (χ3v) is 7.29. The first-order valence-electron chi connectivity index (χ1n) is 14.8. The Hall–Kier alpha value is -5.23. The number of azo groups is 1. The fourth-order valence-corrected chi connectivity index (χ4v) is 4.68. The van der Waals surface area contributed by atoms with Gasteiger partial charge in [0, 0.05) is 34.7 Å². The summed E-state index contributed by atoms with van der Waals surface area (Å²) in [5, 5.41) is 19.0. The molecule has 0 aromatic heterocycles. The van der Waals surface area contributed by atoms with Crippen LogP contribution in [0.25, 0.3) is 0 Å². The molecule has 0 fully saturated rings. The van der Waals surface area contributed by atoms with Crippen molar-refractivity contribution in [3.63, 3.8) is 0 Å². The van der Waals surface area contributed by atoms with Crippen molar-refractivity contribution in [1.29, 1.82) is 0 Å². The molecular formula is C33H37N7O5. The Kier molecular flexibility index (Phi) is 11.2. The van der Waals surface area contributed by atoms with Gasteiger partial charge in [-0.25, -0.2) is 0 Å². The number of anilines is 3. The SMILES string of the molecule is CCN(CC)CCCNC(=O)c1ccc(NC(=O)c2ccc(N=NC(C(C)=O)C(=O)Nc3ccc4c(c3)NC(=O)C4)cc2)cc1. The number of Topliss-reactive ketones (excluding diaryl/α,β-unsaturated/α-hetero) is 1. The van der Waals surface area contributed by atoms with Crippen LogP contribution in [0.1, 0.15) is 53.5 Å². The van der Waals surface area contributed by atoms with E-state index < -0.39 is 17.7 Å². The van der Waals surface area contributed by atoms with Gasteiger partial charge in [0.15, 0.2) is 5.78 Å². The van der Waals surface area contributed by atoms with Gasteiger partial charge in [0.2, 0.25) is 11.9 Å². The fourth-order valence-electron chi connectivity index (χ4n) is 4.68. The predicted octanol–water partition coefficient (Wildman–Crippen LogP) is 4.58. The summed E-state index contributed by atoms with van der Waals surface area (Å²) < 4.78 is 0. The number of hydrogen-bond donors (Lipinski definition) is 4. The second-order valence-corrected chi connectivity index (χ2v) is 10.5. The first-order chi connectivity index (χ1) is 21.7. The standard InChI is InChI=1S/C33H37N7O5/c1-4-40(5-2)18-6-17-34-31(43)22-7-12-25(13-8-22)35-32(44)23-9-14-26(15-10-23)38-39-30(21(3)41)33(45)36-27-16-11-24-19-29(42)37-28(24)20-27/h7-16,20,30H,4-6,17-19H2,1-3H3,(H,34,43)(H,35,44)(H,36,45)(H,37,42). The summed E-state index contributed by atoms with van der Waals surface area (Å²) in [6.07, 6.45) is 1.15. The van der Waals surface area contributed by atoms with Crippen molar-refractivity contribution in [2.45, 2.75) is 39.7 Å². The molecular weight excluding hydrogens is 574 g/mol. The molecule has 4 amide bonds. The Morgan fingerprint density at radius 3 is 2.18 bits per heavy atom. The molecule has 12 nitrogen and oxygen atoms in total. The number of benzene rings is 3. The fraction of sp³-hybridized carbons (Fsp3) is 0.303. The lowest BCUT2D eigenvalue weighted by Crippen LogP contribution is -2.31. The van der Waals surface area contributed by atoms with Crippen LogP contribution in [0, 0.1) is 0 Å². The quantitative estimate of drug-likeness (QED) is 0.119. The molecule has 1 atom stereocenters. The van der Waals surface area contributed by atoms with Gasteiger partial charge in [0.1, 0.15) is 0 Å². The summed E-state index contributed by atoms with van der Waals surface area (Å²) in [6, 6.07) is 16.4. The molecule has 4 rings (SSSR count). The molecule has 1 heterocycles. The number of carbonyl (C=O) groups excluding carboxylic acids is 5. The lowest BCUT2D eigenvalue weighted by Gasteiger charge is -2.17. The molecule has 45 heavy (non-hydrogen) atoms. The summed E-state index contributed by atoms with van der Waals surface area (Å²) >= 11 is 0. The van der Waals surface area contributed by atoms with Gasteiger partial charge >= 0.3 is 0 Å². The van der Waals surface area contributed by atoms with E-state index in [4.69, 9.17) is 0 Å². The second-order valence-electron chi connectivity index (χ2n) is 10.5. The molecule has 0 radical (unpaired) electrons. The van der Waals surface area contributed by atoms with Crippen LogP contribution in [0.4, 0.5) is 22.7 Å². The third kappa shape index (κ3) is 9.13. The molecule has 1 unspecified atom stereocenters. The van der Waals surface area contributed by atoms with Crippen molar-refractivity contribution < 1.29 is 24.0 Å². The predicted molar refractivity (Wildman–Crippen MR) is 172 cm³/mol. The molecule has 4 N–H and O–H groups in total. The highest BCUT2D eigenvalue weighted by Gasteiger charge is 2.24. The molecule has 1 aliphatic rings. The van der Waals surface area contributed by atoms with Gasteiger partial charge < -0.3 is 26.2 Å². The molecule has 234 valence electrons. The van der Waals surface area contributed by atoms with E-state index >= 15 is 0 Å². The summed E-state index contributed by atoms with van der Waals surface area (Å²) in [5.41, 5.74) is 3.59. The van der Waals surface area contributed by atoms with E-state index in [9.17, 15) is 24.0 Å². The van der Waals surface area contributed by atoms with Crippen molar-refractivity contribution in [3.8, 4) is 0 Å². The normalized spacial score (nSPS) is 12.8. The van der Waals surface area contributed by atoms with E-state index in [1.165, 1.54) is 6.92 Å². The van der Waals surface area contributed by atoms with Gasteiger partial charge in [-0.1, -0.05) is 19.9 Å². The Labute approximate surface area is 261 Å². The van der Waals surface area contributed by atoms with E-state index in [0.29, 0.717) is 40.4 Å². The highest BCUT2D eigenvalue weighted by atomic mass is 16.2. The van der Waals surface area contributed by atoms with Crippen molar-refractivity contribution >= 4 is 52.2 Å². The maximum atomic E-state index is 12.8. The number of fused-ring (bicyclic) bond motifs is 1. The van der Waals surface area contributed by atoms with Crippen LogP contribution in [-0.2, 0) is 20.8 Å². The number of hydrogen-bond acceptors (Lipinski definition) is 8. The monoisotopic (exact) mass is 611 g/mol. The van der Waals surface area contributed by atoms with Crippen LogP contribution in [0.3, 0.4) is 0 Å². The van der Waals surface area contributed by atoms with Gasteiger partial charge in [-0.2, -0.15) is 10.2 Å². The van der Waals surface area contributed by atoms with Crippen LogP contribution in [0.5, 0.6) is 0 Å². The number of ketones is 1. The number of nitrogens with one attached hydrogen (secondary N) is 4. The molecule has 12 heteroatoms. The lowest BCUT2D eigenvalue weighted by atomic mass is 10.1. The topological polar surface area (TPSA) is 161 Å². The van der Waals surface area contributed by atoms with Crippen molar-refractivity contribution in [2.24, 2.45) is 10.2 Å². The Morgan fingerprint density at radius 1 is 0.867 bits per heavy atom. The maximum absolute atomic E-state index is 12.8. The molecule has 1 aliphatic heterocycles. The van der Waals surface area contributed by atoms with E-state index in [1.54, 1.807) is 66.7 Å². The van der Waals surface area contributed by atoms with Gasteiger partial charge in [-0.3, -0.25) is 24.0 Å². The minimum Gasteiger partial charge on any atom is -0.352 e. The Morgan fingerprint density at radius 2 is 1.51 bits per heavy atom. The first-order valence-corrected chi connectivity index (χ1v) is 14.8. The molecule has 3 aromatic carbocycles. The van der Waals surface area contributed by atoms with Crippen LogP contribution >= 0.6 is 0 Å². The van der Waals surface area contributed by atoms with Gasteiger partial charge in [-0.15, -0.1) is 0 Å². The molecule has 0 aliphatic carbocycles. The second kappa shape index (κ2) is 15.5. The summed E-state index contributed by atoms with van der Waals surface area (Å²) in [7, 11) is 0. The number of carbonyl (C=O) groups is 5. The molecule has 3 aromatic rings. The lowest BCUT2D eigenvalue weighted by molar-refractivity contribution is -0.126. The van der Waals surface area contributed by atoms with Gasteiger partial charge in [-0.05, 0) is 99.2 Å². The Balaban J connectivity index is 1.28. The zero-order valence-electron chi connectivity index (χ0n) is 25.6. The number of amides is 4. The van der Waals surface area contributed by atoms with Crippen molar-refractivity contribution in [1.82, 2.24) is 10.2 Å². The first kappa shape index (κ1) is 32.7. The van der Waals surface area contributed by atoms with Crippen LogP contribution < -0.4 is 21.3 Å². The highest BCUT2D eigenvalue weighted by Crippen LogP contribution is 2.26. The average molecular weight is 612 g/mol. The van der Waals surface area contributed by atoms with Gasteiger partial charge in [0.05, 0.1) is 12.1 Å². The Bertz CT molecular complexity index is 1580. The van der Waals surface area contributed by atoms with Crippen LogP contribution in [0.15, 0.2) is 77.0 Å². The number of rotatable bonds is 14.